The zero-order valence-corrected chi connectivity index (χ0v) is 16.0. The summed E-state index contributed by atoms with van der Waals surface area (Å²) in [5, 5.41) is 1.10. The molecule has 0 fully saturated rings. The van der Waals surface area contributed by atoms with Crippen LogP contribution in [-0.4, -0.2) is 27.5 Å². The van der Waals surface area contributed by atoms with Crippen molar-refractivity contribution in [2.75, 3.05) is 5.75 Å². The molecule has 4 heteroatoms. The third kappa shape index (κ3) is 2.91. The van der Waals surface area contributed by atoms with Gasteiger partial charge in [-0.05, 0) is 23.0 Å². The van der Waals surface area contributed by atoms with Crippen molar-refractivity contribution in [2.24, 2.45) is 0 Å². The number of sulfone groups is 1. The molecule has 1 atom stereocenters. The van der Waals surface area contributed by atoms with Gasteiger partial charge in [-0.15, -0.1) is 0 Å². The maximum atomic E-state index is 12.4. The van der Waals surface area contributed by atoms with Crippen LogP contribution in [0.1, 0.15) is 61.3 Å². The minimum atomic E-state index is -2.94. The zero-order valence-electron chi connectivity index (χ0n) is 14.2. The summed E-state index contributed by atoms with van der Waals surface area (Å²) in [6.07, 6.45) is 3.88. The molecule has 0 saturated carbocycles. The van der Waals surface area contributed by atoms with E-state index in [1.54, 1.807) is 0 Å². The first kappa shape index (κ1) is 18.0. The topological polar surface area (TPSA) is 34.1 Å². The number of hydrogen-bond acceptors (Lipinski definition) is 2. The minimum absolute atomic E-state index is 0.217. The lowest BCUT2D eigenvalue weighted by molar-refractivity contribution is 0.588. The first-order valence-electron chi connectivity index (χ1n) is 8.03. The van der Waals surface area contributed by atoms with E-state index in [1.165, 1.54) is 5.20 Å². The third-order valence-electron chi connectivity index (χ3n) is 5.20. The highest BCUT2D eigenvalue weighted by Gasteiger charge is 2.49. The van der Waals surface area contributed by atoms with Crippen LogP contribution in [0.25, 0.3) is 0 Å². The maximum Gasteiger partial charge on any atom is 0.160 e. The minimum Gasteiger partial charge on any atom is -0.228 e. The molecule has 0 aromatic rings. The van der Waals surface area contributed by atoms with Crippen molar-refractivity contribution in [3.05, 3.63) is 11.3 Å². The van der Waals surface area contributed by atoms with E-state index < -0.39 is 17.9 Å². The molecule has 0 amide bonds. The normalized spacial score (nSPS) is 22.9. The summed E-state index contributed by atoms with van der Waals surface area (Å²) in [6, 6.07) is 0. The predicted octanol–water partition coefficient (Wildman–Crippen LogP) is 4.73. The first-order chi connectivity index (χ1) is 9.10. The molecule has 1 heterocycles. The summed E-state index contributed by atoms with van der Waals surface area (Å²) in [7, 11) is -4.71. The van der Waals surface area contributed by atoms with Crippen LogP contribution in [0.2, 0.25) is 16.6 Å². The summed E-state index contributed by atoms with van der Waals surface area (Å²) in [6.45, 7) is 15.9. The van der Waals surface area contributed by atoms with Crippen LogP contribution in [0.4, 0.5) is 0 Å². The lowest BCUT2D eigenvalue weighted by Gasteiger charge is -2.44. The summed E-state index contributed by atoms with van der Waals surface area (Å²) in [5.74, 6) is 0.332. The Bertz CT molecular complexity index is 439. The van der Waals surface area contributed by atoms with E-state index in [2.05, 4.69) is 54.5 Å². The molecule has 20 heavy (non-hydrogen) atoms. The van der Waals surface area contributed by atoms with E-state index in [-0.39, 0.29) is 5.25 Å². The van der Waals surface area contributed by atoms with Gasteiger partial charge in [-0.25, -0.2) is 8.42 Å². The van der Waals surface area contributed by atoms with Crippen molar-refractivity contribution < 1.29 is 8.42 Å². The molecule has 0 aliphatic carbocycles. The monoisotopic (exact) mass is 316 g/mol. The smallest absolute Gasteiger partial charge is 0.160 e. The molecule has 1 rings (SSSR count). The molecule has 0 radical (unpaired) electrons. The summed E-state index contributed by atoms with van der Waals surface area (Å²) in [4.78, 5) is 0. The molecule has 1 unspecified atom stereocenters. The van der Waals surface area contributed by atoms with Gasteiger partial charge in [0.2, 0.25) is 0 Å². The highest BCUT2D eigenvalue weighted by Crippen LogP contribution is 2.48. The second-order valence-corrected chi connectivity index (χ2v) is 15.4. The van der Waals surface area contributed by atoms with Crippen molar-refractivity contribution in [2.45, 2.75) is 83.2 Å². The average molecular weight is 317 g/mol. The van der Waals surface area contributed by atoms with Gasteiger partial charge in [0, 0.05) is 0 Å². The highest BCUT2D eigenvalue weighted by atomic mass is 32.2. The summed E-state index contributed by atoms with van der Waals surface area (Å²) in [5.41, 5.74) is 1.76. The van der Waals surface area contributed by atoms with Crippen LogP contribution < -0.4 is 0 Å². The Labute approximate surface area is 127 Å². The highest BCUT2D eigenvalue weighted by molar-refractivity contribution is 7.92. The van der Waals surface area contributed by atoms with Gasteiger partial charge in [0.05, 0.1) is 19.1 Å². The van der Waals surface area contributed by atoms with Gasteiger partial charge in [-0.1, -0.05) is 66.2 Å². The average Bonchev–Trinajstić information content (AvgIpc) is 2.54. The quantitative estimate of drug-likeness (QED) is 0.664. The van der Waals surface area contributed by atoms with Gasteiger partial charge < -0.3 is 0 Å². The molecule has 118 valence electrons. The van der Waals surface area contributed by atoms with Crippen LogP contribution in [0, 0.1) is 0 Å². The predicted molar refractivity (Wildman–Crippen MR) is 91.6 cm³/mol. The molecule has 0 N–H and O–H groups in total. The van der Waals surface area contributed by atoms with Crippen molar-refractivity contribution in [3.8, 4) is 0 Å². The largest absolute Gasteiger partial charge is 0.228 e. The van der Waals surface area contributed by atoms with Gasteiger partial charge in [-0.2, -0.15) is 0 Å². The van der Waals surface area contributed by atoms with E-state index in [0.29, 0.717) is 22.4 Å². The standard InChI is InChI=1S/C16H32O2SSi/c1-8-9-15-10-16(11-19(15,17)18)20(12(2)3,13(4)5)14(6)7/h10,12-15H,8-9,11H2,1-7H3. The van der Waals surface area contributed by atoms with Crippen molar-refractivity contribution >= 4 is 17.9 Å². The fourth-order valence-electron chi connectivity index (χ4n) is 4.63. The van der Waals surface area contributed by atoms with Crippen molar-refractivity contribution in [3.63, 3.8) is 0 Å². The molecule has 0 saturated heterocycles. The zero-order chi connectivity index (χ0) is 15.7. The Kier molecular flexibility index (Phi) is 5.70. The third-order valence-corrected chi connectivity index (χ3v) is 14.7. The van der Waals surface area contributed by atoms with Crippen LogP contribution in [0.15, 0.2) is 11.3 Å². The van der Waals surface area contributed by atoms with Gasteiger partial charge >= 0.3 is 0 Å². The Morgan fingerprint density at radius 2 is 1.55 bits per heavy atom. The molecule has 1 aliphatic rings. The van der Waals surface area contributed by atoms with Gasteiger partial charge in [-0.3, -0.25) is 0 Å². The van der Waals surface area contributed by atoms with Crippen LogP contribution in [0.5, 0.6) is 0 Å². The van der Waals surface area contributed by atoms with Gasteiger partial charge in [0.25, 0.3) is 0 Å². The fourth-order valence-corrected chi connectivity index (χ4v) is 14.8. The SMILES string of the molecule is CCCC1C=C([Si](C(C)C)(C(C)C)C(C)C)CS1(=O)=O. The molecule has 1 aliphatic heterocycles. The Morgan fingerprint density at radius 3 is 1.90 bits per heavy atom. The lowest BCUT2D eigenvalue weighted by Crippen LogP contribution is -2.47. The molecule has 2 nitrogen and oxygen atoms in total. The van der Waals surface area contributed by atoms with Crippen LogP contribution in [-0.2, 0) is 9.84 Å². The molecular formula is C16H32O2SSi. The van der Waals surface area contributed by atoms with Gasteiger partial charge in [0.1, 0.15) is 0 Å². The van der Waals surface area contributed by atoms with E-state index in [0.717, 1.165) is 12.8 Å². The number of hydrogen-bond donors (Lipinski definition) is 0. The Hall–Kier alpha value is -0.0931. The molecule has 0 aromatic heterocycles. The summed E-state index contributed by atoms with van der Waals surface area (Å²) < 4.78 is 24.9. The van der Waals surface area contributed by atoms with Crippen LogP contribution >= 0.6 is 0 Å². The molecular weight excluding hydrogens is 284 g/mol. The second kappa shape index (κ2) is 6.35. The van der Waals surface area contributed by atoms with Crippen LogP contribution in [0.3, 0.4) is 0 Å². The van der Waals surface area contributed by atoms with E-state index >= 15 is 0 Å². The maximum absolute atomic E-state index is 12.4. The Morgan fingerprint density at radius 1 is 1.10 bits per heavy atom. The van der Waals surface area contributed by atoms with E-state index in [1.807, 2.05) is 0 Å². The fraction of sp³-hybridized carbons (Fsp3) is 0.875. The Balaban J connectivity index is 3.34. The first-order valence-corrected chi connectivity index (χ1v) is 12.0. The van der Waals surface area contributed by atoms with Gasteiger partial charge in [0.15, 0.2) is 9.84 Å². The van der Waals surface area contributed by atoms with E-state index in [9.17, 15) is 8.42 Å². The molecule has 0 spiro atoms. The second-order valence-electron chi connectivity index (χ2n) is 7.22. The number of rotatable bonds is 6. The lowest BCUT2D eigenvalue weighted by atomic mass is 10.2. The molecule has 0 aromatic carbocycles. The summed E-state index contributed by atoms with van der Waals surface area (Å²) >= 11 is 0. The van der Waals surface area contributed by atoms with Crippen molar-refractivity contribution in [1.82, 2.24) is 0 Å². The van der Waals surface area contributed by atoms with Crippen molar-refractivity contribution in [1.29, 1.82) is 0 Å². The van der Waals surface area contributed by atoms with E-state index in [4.69, 9.17) is 0 Å². The molecule has 0 bridgehead atoms.